The third kappa shape index (κ3) is 4.44. The van der Waals surface area contributed by atoms with Crippen LogP contribution in [0.2, 0.25) is 0 Å². The van der Waals surface area contributed by atoms with E-state index in [1.165, 1.54) is 12.1 Å². The molecular weight excluding hydrogens is 382 g/mol. The van der Waals surface area contributed by atoms with Crippen molar-refractivity contribution in [3.8, 4) is 0 Å². The highest BCUT2D eigenvalue weighted by Crippen LogP contribution is 2.34. The highest BCUT2D eigenvalue weighted by molar-refractivity contribution is 5.79. The Morgan fingerprint density at radius 2 is 1.71 bits per heavy atom. The number of aromatic nitrogens is 1. The predicted molar refractivity (Wildman–Crippen MR) is 92.9 cm³/mol. The molecule has 0 unspecified atom stereocenters. The van der Waals surface area contributed by atoms with Crippen molar-refractivity contribution in [2.75, 3.05) is 0 Å². The summed E-state index contributed by atoms with van der Waals surface area (Å²) in [4.78, 5) is 3.37. The van der Waals surface area contributed by atoms with Gasteiger partial charge in [-0.05, 0) is 59.0 Å². The standard InChI is InChI=1S/C20H14F6N2/c1-12-8-14(6-7-27-12)17-4-3-16(19(21,22)23)10-15(17)9-13-2-5-18(28-11-13)20(24,25)26/h2-8,10-11,27H,1,9H2. The van der Waals surface area contributed by atoms with E-state index in [4.69, 9.17) is 0 Å². The van der Waals surface area contributed by atoms with Gasteiger partial charge in [0.1, 0.15) is 5.69 Å². The van der Waals surface area contributed by atoms with Crippen molar-refractivity contribution in [1.29, 1.82) is 0 Å². The number of rotatable bonds is 3. The number of halogens is 6. The van der Waals surface area contributed by atoms with E-state index in [0.717, 1.165) is 24.4 Å². The Labute approximate surface area is 156 Å². The molecule has 0 radical (unpaired) electrons. The number of alkyl halides is 6. The van der Waals surface area contributed by atoms with Gasteiger partial charge in [0.25, 0.3) is 0 Å². The van der Waals surface area contributed by atoms with Crippen LogP contribution in [0.1, 0.15) is 27.9 Å². The smallest absolute Gasteiger partial charge is 0.362 e. The van der Waals surface area contributed by atoms with E-state index in [9.17, 15) is 26.3 Å². The monoisotopic (exact) mass is 396 g/mol. The first-order valence-electron chi connectivity index (χ1n) is 8.10. The maximum absolute atomic E-state index is 13.1. The average Bonchev–Trinajstić information content (AvgIpc) is 2.60. The van der Waals surface area contributed by atoms with Crippen molar-refractivity contribution in [2.45, 2.75) is 18.8 Å². The third-order valence-corrected chi connectivity index (χ3v) is 4.11. The molecule has 0 aliphatic carbocycles. The van der Waals surface area contributed by atoms with Crippen LogP contribution in [0, 0.1) is 0 Å². The Morgan fingerprint density at radius 1 is 0.964 bits per heavy atom. The maximum atomic E-state index is 13.1. The summed E-state index contributed by atoms with van der Waals surface area (Å²) in [6, 6.07) is 5.36. The van der Waals surface area contributed by atoms with Crippen molar-refractivity contribution >= 4 is 5.57 Å². The molecule has 0 saturated carbocycles. The molecule has 0 spiro atoms. The molecule has 0 amide bonds. The second-order valence-corrected chi connectivity index (χ2v) is 6.20. The topological polar surface area (TPSA) is 24.9 Å². The van der Waals surface area contributed by atoms with Crippen molar-refractivity contribution < 1.29 is 26.3 Å². The van der Waals surface area contributed by atoms with Gasteiger partial charge in [-0.3, -0.25) is 4.98 Å². The highest BCUT2D eigenvalue weighted by Gasteiger charge is 2.33. The summed E-state index contributed by atoms with van der Waals surface area (Å²) in [6.07, 6.45) is -3.12. The summed E-state index contributed by atoms with van der Waals surface area (Å²) in [7, 11) is 0. The van der Waals surface area contributed by atoms with Crippen LogP contribution in [0.4, 0.5) is 26.3 Å². The van der Waals surface area contributed by atoms with Crippen molar-refractivity contribution in [3.63, 3.8) is 0 Å². The lowest BCUT2D eigenvalue weighted by Crippen LogP contribution is -2.10. The van der Waals surface area contributed by atoms with Gasteiger partial charge < -0.3 is 5.32 Å². The predicted octanol–water partition coefficient (Wildman–Crippen LogP) is 5.72. The molecule has 2 aromatic rings. The lowest BCUT2D eigenvalue weighted by molar-refractivity contribution is -0.141. The minimum Gasteiger partial charge on any atom is -0.362 e. The molecule has 1 aromatic carbocycles. The van der Waals surface area contributed by atoms with Crippen LogP contribution in [0.3, 0.4) is 0 Å². The highest BCUT2D eigenvalue weighted by atomic mass is 19.4. The molecule has 1 aliphatic heterocycles. The molecule has 0 atom stereocenters. The Balaban J connectivity index is 2.02. The first kappa shape index (κ1) is 19.7. The van der Waals surface area contributed by atoms with Gasteiger partial charge in [-0.15, -0.1) is 0 Å². The van der Waals surface area contributed by atoms with Gasteiger partial charge in [0.2, 0.25) is 0 Å². The number of benzene rings is 1. The summed E-state index contributed by atoms with van der Waals surface area (Å²) in [5.41, 5.74) is 0.552. The van der Waals surface area contributed by atoms with Crippen LogP contribution >= 0.6 is 0 Å². The van der Waals surface area contributed by atoms with E-state index in [1.807, 2.05) is 0 Å². The lowest BCUT2D eigenvalue weighted by atomic mass is 9.92. The van der Waals surface area contributed by atoms with Crippen LogP contribution < -0.4 is 5.32 Å². The second-order valence-electron chi connectivity index (χ2n) is 6.20. The maximum Gasteiger partial charge on any atom is 0.433 e. The normalized spacial score (nSPS) is 14.6. The number of pyridine rings is 1. The molecule has 1 aromatic heterocycles. The van der Waals surface area contributed by atoms with Crippen LogP contribution in [-0.4, -0.2) is 4.98 Å². The molecule has 28 heavy (non-hydrogen) atoms. The van der Waals surface area contributed by atoms with E-state index in [-0.39, 0.29) is 6.42 Å². The first-order valence-corrected chi connectivity index (χ1v) is 8.10. The number of nitrogens with zero attached hydrogens (tertiary/aromatic N) is 1. The van der Waals surface area contributed by atoms with E-state index >= 15 is 0 Å². The molecule has 0 fully saturated rings. The molecule has 1 aliphatic rings. The van der Waals surface area contributed by atoms with Gasteiger partial charge >= 0.3 is 12.4 Å². The van der Waals surface area contributed by atoms with Gasteiger partial charge in [-0.1, -0.05) is 18.7 Å². The molecule has 2 heterocycles. The van der Waals surface area contributed by atoms with Crippen molar-refractivity contribution in [1.82, 2.24) is 10.3 Å². The summed E-state index contributed by atoms with van der Waals surface area (Å²) < 4.78 is 77.4. The zero-order valence-corrected chi connectivity index (χ0v) is 14.3. The van der Waals surface area contributed by atoms with Gasteiger partial charge in [-0.25, -0.2) is 0 Å². The van der Waals surface area contributed by atoms with Crippen LogP contribution in [0.25, 0.3) is 5.57 Å². The average molecular weight is 396 g/mol. The van der Waals surface area contributed by atoms with E-state index < -0.39 is 23.6 Å². The Kier molecular flexibility index (Phi) is 5.06. The van der Waals surface area contributed by atoms with Gasteiger partial charge in [-0.2, -0.15) is 26.3 Å². The van der Waals surface area contributed by atoms with Crippen LogP contribution in [0.5, 0.6) is 0 Å². The molecule has 0 bridgehead atoms. The second kappa shape index (κ2) is 7.18. The number of hydrogen-bond acceptors (Lipinski definition) is 2. The first-order chi connectivity index (χ1) is 13.0. The summed E-state index contributed by atoms with van der Waals surface area (Å²) in [5, 5.41) is 2.86. The van der Waals surface area contributed by atoms with Gasteiger partial charge in [0.15, 0.2) is 0 Å². The Bertz CT molecular complexity index is 950. The quantitative estimate of drug-likeness (QED) is 0.671. The van der Waals surface area contributed by atoms with E-state index in [1.54, 1.807) is 18.4 Å². The number of hydrogen-bond donors (Lipinski definition) is 1. The molecule has 0 saturated heterocycles. The molecule has 3 rings (SSSR count). The van der Waals surface area contributed by atoms with Crippen molar-refractivity contribution in [3.05, 3.63) is 95.1 Å². The van der Waals surface area contributed by atoms with Gasteiger partial charge in [0.05, 0.1) is 5.56 Å². The third-order valence-electron chi connectivity index (χ3n) is 4.11. The molecule has 8 heteroatoms. The Hall–Kier alpha value is -3.03. The fourth-order valence-corrected chi connectivity index (χ4v) is 2.80. The minimum absolute atomic E-state index is 0.00449. The largest absolute Gasteiger partial charge is 0.433 e. The zero-order valence-electron chi connectivity index (χ0n) is 14.3. The Morgan fingerprint density at radius 3 is 2.29 bits per heavy atom. The number of allylic oxidation sites excluding steroid dienone is 3. The molecule has 146 valence electrons. The fraction of sp³-hybridized carbons (Fsp3) is 0.150. The number of nitrogens with one attached hydrogen (secondary N) is 1. The molecule has 2 nitrogen and oxygen atoms in total. The van der Waals surface area contributed by atoms with E-state index in [2.05, 4.69) is 16.9 Å². The summed E-state index contributed by atoms with van der Waals surface area (Å²) >= 11 is 0. The van der Waals surface area contributed by atoms with E-state index in [0.29, 0.717) is 28.0 Å². The lowest BCUT2D eigenvalue weighted by Gasteiger charge is -2.17. The van der Waals surface area contributed by atoms with Crippen molar-refractivity contribution in [2.24, 2.45) is 0 Å². The molecular formula is C20H14F6N2. The summed E-state index contributed by atoms with van der Waals surface area (Å²) in [6.45, 7) is 3.76. The summed E-state index contributed by atoms with van der Waals surface area (Å²) in [5.74, 6) is 0. The minimum atomic E-state index is -4.58. The zero-order chi connectivity index (χ0) is 20.5. The molecule has 1 N–H and O–H groups in total. The SMILES string of the molecule is C=C1C=C(c2ccc(C(F)(F)F)cc2Cc2ccc(C(F)(F)F)nc2)C=CN1. The fourth-order valence-electron chi connectivity index (χ4n) is 2.80. The number of dihydropyridines is 1. The van der Waals surface area contributed by atoms with Crippen LogP contribution in [0.15, 0.2) is 67.2 Å². The van der Waals surface area contributed by atoms with Gasteiger partial charge in [0, 0.05) is 18.1 Å². The van der Waals surface area contributed by atoms with Crippen LogP contribution in [-0.2, 0) is 18.8 Å².